The highest BCUT2D eigenvalue weighted by Crippen LogP contribution is 2.23. The van der Waals surface area contributed by atoms with Crippen LogP contribution in [0, 0.1) is 5.92 Å². The summed E-state index contributed by atoms with van der Waals surface area (Å²) in [7, 11) is 2.22. The lowest BCUT2D eigenvalue weighted by atomic mass is 9.93. The van der Waals surface area contributed by atoms with E-state index >= 15 is 0 Å². The van der Waals surface area contributed by atoms with Gasteiger partial charge in [0, 0.05) is 12.6 Å². The van der Waals surface area contributed by atoms with E-state index in [4.69, 9.17) is 0 Å². The molecule has 2 atom stereocenters. The summed E-state index contributed by atoms with van der Waals surface area (Å²) in [5.41, 5.74) is 0. The van der Waals surface area contributed by atoms with Crippen molar-refractivity contribution in [3.8, 4) is 0 Å². The van der Waals surface area contributed by atoms with Crippen molar-refractivity contribution in [3.63, 3.8) is 0 Å². The summed E-state index contributed by atoms with van der Waals surface area (Å²) in [5.74, 6) is 0.996. The van der Waals surface area contributed by atoms with Crippen LogP contribution in [0.3, 0.4) is 0 Å². The molecule has 0 aromatic rings. The van der Waals surface area contributed by atoms with Crippen molar-refractivity contribution in [2.75, 3.05) is 26.7 Å². The topological polar surface area (TPSA) is 15.3 Å². The molecule has 2 saturated heterocycles. The van der Waals surface area contributed by atoms with Gasteiger partial charge in [0.25, 0.3) is 0 Å². The molecule has 2 rings (SSSR count). The average molecular weight is 170 g/mol. The average Bonchev–Trinajstić information content (AvgIpc) is 2.54. The molecule has 0 unspecified atom stereocenters. The largest absolute Gasteiger partial charge is 0.312 e. The minimum absolute atomic E-state index is 0.818. The van der Waals surface area contributed by atoms with E-state index in [2.05, 4.69) is 17.3 Å². The van der Waals surface area contributed by atoms with Gasteiger partial charge in [0.15, 0.2) is 0 Å². The molecule has 0 aromatic carbocycles. The van der Waals surface area contributed by atoms with Gasteiger partial charge in [-0.25, -0.2) is 0 Å². The van der Waals surface area contributed by atoms with Crippen molar-refractivity contribution in [2.24, 2.45) is 5.92 Å². The molecule has 1 N–H and O–H groups in total. The van der Waals surface area contributed by atoms with E-state index in [9.17, 15) is 0 Å². The minimum atomic E-state index is 0.818. The smallest absolute Gasteiger partial charge is 0.0224 e. The summed E-state index contributed by atoms with van der Waals surface area (Å²) in [6.07, 6.45) is 2.83. The van der Waals surface area contributed by atoms with Crippen molar-refractivity contribution in [3.05, 3.63) is 0 Å². The third kappa shape index (κ3) is 2.20. The van der Waals surface area contributed by atoms with Crippen LogP contribution in [0.4, 0.5) is 0 Å². The predicted octanol–water partition coefficient (Wildman–Crippen LogP) is 1.33. The fourth-order valence-corrected chi connectivity index (χ4v) is 2.19. The lowest BCUT2D eigenvalue weighted by Crippen LogP contribution is -2.44. The molecule has 0 aliphatic carbocycles. The summed E-state index contributed by atoms with van der Waals surface area (Å²) >= 11 is 0. The Bertz CT molecular complexity index is 125. The molecule has 2 nitrogen and oxygen atoms in total. The molecule has 2 aliphatic rings. The number of nitrogens with one attached hydrogen (secondary N) is 1. The number of nitrogens with zero attached hydrogens (tertiary/aromatic N) is 1. The number of likely N-dealkylation sites (tertiary alicyclic amines) is 1. The second-order valence-electron chi connectivity index (χ2n) is 3.66. The minimum Gasteiger partial charge on any atom is -0.312 e. The zero-order valence-corrected chi connectivity index (χ0v) is 8.64. The maximum atomic E-state index is 3.55. The first kappa shape index (κ1) is 10.0. The first-order valence-electron chi connectivity index (χ1n) is 5.28. The molecule has 0 saturated carbocycles. The summed E-state index contributed by atoms with van der Waals surface area (Å²) in [4.78, 5) is 2.43. The molecule has 72 valence electrons. The summed E-state index contributed by atoms with van der Waals surface area (Å²) < 4.78 is 0. The fourth-order valence-electron chi connectivity index (χ4n) is 2.19. The van der Waals surface area contributed by atoms with Gasteiger partial charge in [-0.15, -0.1) is 0 Å². The van der Waals surface area contributed by atoms with Crippen LogP contribution in [-0.4, -0.2) is 37.6 Å². The molecule has 0 spiro atoms. The number of hydrogen-bond donors (Lipinski definition) is 1. The first-order valence-corrected chi connectivity index (χ1v) is 5.28. The third-order valence-electron chi connectivity index (χ3n) is 2.88. The second-order valence-corrected chi connectivity index (χ2v) is 3.66. The molecular formula is C10H22N2. The Balaban J connectivity index is 0.000000336. The van der Waals surface area contributed by atoms with Crippen LogP contribution < -0.4 is 5.32 Å². The Labute approximate surface area is 76.3 Å². The van der Waals surface area contributed by atoms with Crippen LogP contribution in [0.5, 0.6) is 0 Å². The fraction of sp³-hybridized carbons (Fsp3) is 1.00. The zero-order chi connectivity index (χ0) is 8.97. The molecule has 0 amide bonds. The van der Waals surface area contributed by atoms with Crippen molar-refractivity contribution >= 4 is 0 Å². The summed E-state index contributed by atoms with van der Waals surface area (Å²) in [6, 6.07) is 0.818. The number of fused-ring (bicyclic) bond motifs is 1. The Hall–Kier alpha value is -0.0800. The van der Waals surface area contributed by atoms with Crippen molar-refractivity contribution in [1.29, 1.82) is 0 Å². The van der Waals surface area contributed by atoms with Crippen LogP contribution in [0.15, 0.2) is 0 Å². The number of rotatable bonds is 0. The highest BCUT2D eigenvalue weighted by atomic mass is 15.1. The second kappa shape index (κ2) is 4.83. The Morgan fingerprint density at radius 1 is 1.25 bits per heavy atom. The van der Waals surface area contributed by atoms with Gasteiger partial charge in [-0.05, 0) is 38.9 Å². The van der Waals surface area contributed by atoms with E-state index in [1.54, 1.807) is 0 Å². The molecule has 12 heavy (non-hydrogen) atoms. The molecular weight excluding hydrogens is 148 g/mol. The molecule has 2 heterocycles. The van der Waals surface area contributed by atoms with Gasteiger partial charge in [-0.3, -0.25) is 0 Å². The quantitative estimate of drug-likeness (QED) is 0.590. The van der Waals surface area contributed by atoms with Crippen LogP contribution in [0.1, 0.15) is 26.7 Å². The van der Waals surface area contributed by atoms with Crippen molar-refractivity contribution < 1.29 is 0 Å². The van der Waals surface area contributed by atoms with Gasteiger partial charge in [0.1, 0.15) is 0 Å². The standard InChI is InChI=1S/C8H16N2.C2H6/c1-10-5-3-7-2-4-9-8(7)6-10;1-2/h7-9H,2-6H2,1H3;1-2H3/t7-,8+;/m1./s1. The maximum Gasteiger partial charge on any atom is 0.0224 e. The molecule has 2 heteroatoms. The number of likely N-dealkylation sites (N-methyl/N-ethyl adjacent to an activating group) is 1. The Morgan fingerprint density at radius 3 is 2.75 bits per heavy atom. The highest BCUT2D eigenvalue weighted by molar-refractivity contribution is 4.89. The van der Waals surface area contributed by atoms with E-state index in [-0.39, 0.29) is 0 Å². The van der Waals surface area contributed by atoms with Crippen LogP contribution in [0.25, 0.3) is 0 Å². The lowest BCUT2D eigenvalue weighted by Gasteiger charge is -2.31. The normalized spacial score (nSPS) is 35.2. The Kier molecular flexibility index (Phi) is 4.02. The van der Waals surface area contributed by atoms with E-state index in [0.717, 1.165) is 12.0 Å². The number of piperidine rings is 1. The van der Waals surface area contributed by atoms with Crippen molar-refractivity contribution in [2.45, 2.75) is 32.7 Å². The first-order chi connectivity index (χ1) is 5.86. The third-order valence-corrected chi connectivity index (χ3v) is 2.88. The van der Waals surface area contributed by atoms with Gasteiger partial charge in [-0.1, -0.05) is 13.8 Å². The number of hydrogen-bond acceptors (Lipinski definition) is 2. The van der Waals surface area contributed by atoms with Gasteiger partial charge >= 0.3 is 0 Å². The van der Waals surface area contributed by atoms with E-state index in [1.165, 1.54) is 32.5 Å². The van der Waals surface area contributed by atoms with Crippen LogP contribution in [0.2, 0.25) is 0 Å². The Morgan fingerprint density at radius 2 is 2.00 bits per heavy atom. The molecule has 0 bridgehead atoms. The van der Waals surface area contributed by atoms with E-state index in [0.29, 0.717) is 0 Å². The zero-order valence-electron chi connectivity index (χ0n) is 8.64. The van der Waals surface area contributed by atoms with Crippen molar-refractivity contribution in [1.82, 2.24) is 10.2 Å². The summed E-state index contributed by atoms with van der Waals surface area (Å²) in [6.45, 7) is 7.83. The predicted molar refractivity (Wildman–Crippen MR) is 53.4 cm³/mol. The molecule has 2 fully saturated rings. The molecule has 2 aliphatic heterocycles. The van der Waals surface area contributed by atoms with Gasteiger partial charge < -0.3 is 10.2 Å². The lowest BCUT2D eigenvalue weighted by molar-refractivity contribution is 0.198. The maximum absolute atomic E-state index is 3.55. The highest BCUT2D eigenvalue weighted by Gasteiger charge is 2.30. The van der Waals surface area contributed by atoms with E-state index in [1.807, 2.05) is 13.8 Å². The van der Waals surface area contributed by atoms with Crippen LogP contribution >= 0.6 is 0 Å². The van der Waals surface area contributed by atoms with Gasteiger partial charge in [-0.2, -0.15) is 0 Å². The van der Waals surface area contributed by atoms with Gasteiger partial charge in [0.2, 0.25) is 0 Å². The SMILES string of the molecule is CC.CN1CC[C@H]2CCN[C@H]2C1. The molecule has 0 aromatic heterocycles. The molecule has 0 radical (unpaired) electrons. The monoisotopic (exact) mass is 170 g/mol. The van der Waals surface area contributed by atoms with E-state index < -0.39 is 0 Å². The van der Waals surface area contributed by atoms with Crippen LogP contribution in [-0.2, 0) is 0 Å². The van der Waals surface area contributed by atoms with Gasteiger partial charge in [0.05, 0.1) is 0 Å². The summed E-state index contributed by atoms with van der Waals surface area (Å²) in [5, 5.41) is 3.55.